The van der Waals surface area contributed by atoms with Crippen molar-refractivity contribution in [3.63, 3.8) is 0 Å². The molecule has 0 spiro atoms. The third-order valence-electron chi connectivity index (χ3n) is 2.65. The van der Waals surface area contributed by atoms with Gasteiger partial charge in [-0.3, -0.25) is 0 Å². The van der Waals surface area contributed by atoms with Crippen LogP contribution in [0.2, 0.25) is 0 Å². The van der Waals surface area contributed by atoms with Crippen molar-refractivity contribution in [2.45, 2.75) is 18.9 Å². The minimum absolute atomic E-state index is 0.277. The number of benzene rings is 1. The largest absolute Gasteiger partial charge is 0.482 e. The number of hydrogen-bond donors (Lipinski definition) is 1. The zero-order valence-corrected chi connectivity index (χ0v) is 9.49. The first-order chi connectivity index (χ1) is 8.58. The van der Waals surface area contributed by atoms with Crippen molar-refractivity contribution in [2.24, 2.45) is 0 Å². The predicted molar refractivity (Wildman–Crippen MR) is 57.8 cm³/mol. The van der Waals surface area contributed by atoms with Crippen LogP contribution in [0.3, 0.4) is 0 Å². The topological polar surface area (TPSA) is 55.8 Å². The molecule has 1 N–H and O–H groups in total. The first-order valence-electron chi connectivity index (χ1n) is 5.54. The number of carbonyl (C=O) groups is 1. The van der Waals surface area contributed by atoms with Crippen molar-refractivity contribution in [1.29, 1.82) is 0 Å². The Labute approximate surface area is 102 Å². The van der Waals surface area contributed by atoms with E-state index in [0.717, 1.165) is 18.6 Å². The number of carboxylic acids is 1. The Hall–Kier alpha value is -1.69. The van der Waals surface area contributed by atoms with E-state index < -0.39 is 35.0 Å². The lowest BCUT2D eigenvalue weighted by Crippen LogP contribution is -2.28. The molecule has 1 fully saturated rings. The summed E-state index contributed by atoms with van der Waals surface area (Å²) in [5.74, 6) is -3.97. The molecule has 18 heavy (non-hydrogen) atoms. The molecule has 0 saturated carbocycles. The van der Waals surface area contributed by atoms with E-state index in [1.165, 1.54) is 0 Å². The van der Waals surface area contributed by atoms with Gasteiger partial charge in [0.1, 0.15) is 6.10 Å². The molecule has 1 unspecified atom stereocenters. The Morgan fingerprint density at radius 2 is 2.06 bits per heavy atom. The fourth-order valence-electron chi connectivity index (χ4n) is 1.77. The van der Waals surface area contributed by atoms with Gasteiger partial charge >= 0.3 is 5.97 Å². The maximum absolute atomic E-state index is 13.6. The zero-order valence-electron chi connectivity index (χ0n) is 9.49. The highest BCUT2D eigenvalue weighted by Gasteiger charge is 2.21. The Balaban J connectivity index is 2.19. The molecule has 1 saturated heterocycles. The molecule has 0 amide bonds. The van der Waals surface area contributed by atoms with Crippen LogP contribution in [0.25, 0.3) is 0 Å². The Bertz CT molecular complexity index is 432. The number of aromatic carboxylic acids is 1. The van der Waals surface area contributed by atoms with E-state index in [-0.39, 0.29) is 6.61 Å². The van der Waals surface area contributed by atoms with Crippen LogP contribution in [0.4, 0.5) is 8.78 Å². The van der Waals surface area contributed by atoms with Gasteiger partial charge in [-0.2, -0.15) is 0 Å². The zero-order chi connectivity index (χ0) is 13.1. The van der Waals surface area contributed by atoms with Crippen molar-refractivity contribution < 1.29 is 28.2 Å². The lowest BCUT2D eigenvalue weighted by molar-refractivity contribution is 0.00417. The van der Waals surface area contributed by atoms with Crippen LogP contribution < -0.4 is 4.74 Å². The molecule has 1 aliphatic heterocycles. The molecule has 1 aliphatic rings. The van der Waals surface area contributed by atoms with Gasteiger partial charge in [0.05, 0.1) is 12.2 Å². The molecule has 6 heteroatoms. The molecule has 1 aromatic carbocycles. The van der Waals surface area contributed by atoms with Gasteiger partial charge in [0.2, 0.25) is 0 Å². The second-order valence-electron chi connectivity index (χ2n) is 4.03. The molecule has 0 aromatic heterocycles. The Morgan fingerprint density at radius 3 is 2.56 bits per heavy atom. The summed E-state index contributed by atoms with van der Waals surface area (Å²) in [4.78, 5) is 10.6. The third-order valence-corrected chi connectivity index (χ3v) is 2.65. The van der Waals surface area contributed by atoms with Crippen molar-refractivity contribution in [1.82, 2.24) is 0 Å². The summed E-state index contributed by atoms with van der Waals surface area (Å²) in [6.45, 7) is 0.891. The monoisotopic (exact) mass is 258 g/mol. The molecule has 2 rings (SSSR count). The van der Waals surface area contributed by atoms with E-state index in [0.29, 0.717) is 13.0 Å². The van der Waals surface area contributed by atoms with Crippen LogP contribution in [0, 0.1) is 11.6 Å². The standard InChI is InChI=1S/C12H12F2O4/c13-9-4-7(12(15)16)5-10(14)11(9)18-8-2-1-3-17-6-8/h4-5,8H,1-3,6H2,(H,15,16). The van der Waals surface area contributed by atoms with Crippen LogP contribution in [0.5, 0.6) is 5.75 Å². The lowest BCUT2D eigenvalue weighted by atomic mass is 10.1. The SMILES string of the molecule is O=C(O)c1cc(F)c(OC2CCCOC2)c(F)c1. The first kappa shape index (κ1) is 12.8. The van der Waals surface area contributed by atoms with E-state index in [1.807, 2.05) is 0 Å². The smallest absolute Gasteiger partial charge is 0.335 e. The summed E-state index contributed by atoms with van der Waals surface area (Å²) < 4.78 is 37.4. The summed E-state index contributed by atoms with van der Waals surface area (Å²) in [6.07, 6.45) is 1.01. The van der Waals surface area contributed by atoms with Crippen LogP contribution in [0.1, 0.15) is 23.2 Å². The fourth-order valence-corrected chi connectivity index (χ4v) is 1.77. The average Bonchev–Trinajstić information content (AvgIpc) is 2.34. The van der Waals surface area contributed by atoms with Gasteiger partial charge < -0.3 is 14.6 Å². The maximum atomic E-state index is 13.6. The van der Waals surface area contributed by atoms with Gasteiger partial charge in [0.15, 0.2) is 17.4 Å². The van der Waals surface area contributed by atoms with E-state index in [2.05, 4.69) is 0 Å². The Morgan fingerprint density at radius 1 is 1.39 bits per heavy atom. The van der Waals surface area contributed by atoms with Crippen LogP contribution >= 0.6 is 0 Å². The van der Waals surface area contributed by atoms with Gasteiger partial charge in [-0.25, -0.2) is 13.6 Å². The highest BCUT2D eigenvalue weighted by atomic mass is 19.1. The van der Waals surface area contributed by atoms with Gasteiger partial charge in [0, 0.05) is 6.61 Å². The summed E-state index contributed by atoms with van der Waals surface area (Å²) in [5.41, 5.74) is -0.447. The molecule has 4 nitrogen and oxygen atoms in total. The Kier molecular flexibility index (Phi) is 3.76. The van der Waals surface area contributed by atoms with E-state index >= 15 is 0 Å². The highest BCUT2D eigenvalue weighted by Crippen LogP contribution is 2.26. The molecule has 0 aliphatic carbocycles. The summed E-state index contributed by atoms with van der Waals surface area (Å²) >= 11 is 0. The van der Waals surface area contributed by atoms with Crippen molar-refractivity contribution in [2.75, 3.05) is 13.2 Å². The molecule has 1 aromatic rings. The van der Waals surface area contributed by atoms with E-state index in [1.54, 1.807) is 0 Å². The third kappa shape index (κ3) is 2.76. The number of hydrogen-bond acceptors (Lipinski definition) is 3. The lowest BCUT2D eigenvalue weighted by Gasteiger charge is -2.23. The first-order valence-corrected chi connectivity index (χ1v) is 5.54. The van der Waals surface area contributed by atoms with Crippen molar-refractivity contribution in [3.8, 4) is 5.75 Å². The fraction of sp³-hybridized carbons (Fsp3) is 0.417. The van der Waals surface area contributed by atoms with Crippen LogP contribution in [-0.4, -0.2) is 30.4 Å². The summed E-state index contributed by atoms with van der Waals surface area (Å²) in [7, 11) is 0. The highest BCUT2D eigenvalue weighted by molar-refractivity contribution is 5.87. The summed E-state index contributed by atoms with van der Waals surface area (Å²) in [6, 6.07) is 1.48. The van der Waals surface area contributed by atoms with Gasteiger partial charge in [-0.05, 0) is 25.0 Å². The predicted octanol–water partition coefficient (Wildman–Crippen LogP) is 2.22. The second kappa shape index (κ2) is 5.30. The normalized spacial score (nSPS) is 19.6. The minimum atomic E-state index is -1.39. The second-order valence-corrected chi connectivity index (χ2v) is 4.03. The van der Waals surface area contributed by atoms with E-state index in [4.69, 9.17) is 14.6 Å². The van der Waals surface area contributed by atoms with Crippen molar-refractivity contribution in [3.05, 3.63) is 29.3 Å². The van der Waals surface area contributed by atoms with Crippen molar-refractivity contribution >= 4 is 5.97 Å². The average molecular weight is 258 g/mol. The number of rotatable bonds is 3. The van der Waals surface area contributed by atoms with Gasteiger partial charge in [-0.15, -0.1) is 0 Å². The molecular formula is C12H12F2O4. The van der Waals surface area contributed by atoms with Gasteiger partial charge in [0.25, 0.3) is 0 Å². The molecule has 1 atom stereocenters. The van der Waals surface area contributed by atoms with Gasteiger partial charge in [-0.1, -0.05) is 0 Å². The maximum Gasteiger partial charge on any atom is 0.335 e. The van der Waals surface area contributed by atoms with Crippen LogP contribution in [0.15, 0.2) is 12.1 Å². The summed E-state index contributed by atoms with van der Waals surface area (Å²) in [5, 5.41) is 8.65. The molecule has 98 valence electrons. The number of ether oxygens (including phenoxy) is 2. The minimum Gasteiger partial charge on any atom is -0.482 e. The molecule has 0 radical (unpaired) electrons. The van der Waals surface area contributed by atoms with Crippen LogP contribution in [-0.2, 0) is 4.74 Å². The number of halogens is 2. The molecule has 0 bridgehead atoms. The number of carboxylic acid groups (broad SMARTS) is 1. The van der Waals surface area contributed by atoms with E-state index in [9.17, 15) is 13.6 Å². The quantitative estimate of drug-likeness (QED) is 0.903. The molecule has 1 heterocycles. The molecular weight excluding hydrogens is 246 g/mol.